The number of methoxy groups -OCH3 is 1. The molecule has 0 spiro atoms. The molecule has 0 aliphatic carbocycles. The second-order valence-electron chi connectivity index (χ2n) is 4.16. The molecule has 0 aromatic heterocycles. The summed E-state index contributed by atoms with van der Waals surface area (Å²) in [6, 6.07) is 8.03. The van der Waals surface area contributed by atoms with E-state index in [0.29, 0.717) is 32.7 Å². The molecule has 0 aliphatic rings. The van der Waals surface area contributed by atoms with Gasteiger partial charge in [0.25, 0.3) is 5.91 Å². The van der Waals surface area contributed by atoms with E-state index in [1.807, 2.05) is 0 Å². The molecule has 0 fully saturated rings. The maximum atomic E-state index is 12.2. The average Bonchev–Trinajstić information content (AvgIpc) is 2.42. The first kappa shape index (κ1) is 15.9. The number of hydrogen-bond acceptors (Lipinski definition) is 3. The number of anilines is 2. The van der Waals surface area contributed by atoms with E-state index in [4.69, 9.17) is 33.7 Å². The summed E-state index contributed by atoms with van der Waals surface area (Å²) in [6.45, 7) is 0. The van der Waals surface area contributed by atoms with Crippen LogP contribution in [-0.4, -0.2) is 13.0 Å². The molecule has 1 amide bonds. The molecule has 2 aromatic carbocycles. The minimum absolute atomic E-state index is 0.337. The minimum Gasteiger partial charge on any atom is -0.495 e. The predicted octanol–water partition coefficient (Wildman–Crippen LogP) is 4.60. The summed E-state index contributed by atoms with van der Waals surface area (Å²) in [5.41, 5.74) is 6.88. The van der Waals surface area contributed by atoms with Crippen molar-refractivity contribution < 1.29 is 9.53 Å². The van der Waals surface area contributed by atoms with Gasteiger partial charge in [0.05, 0.1) is 28.5 Å². The Morgan fingerprint density at radius 1 is 1.24 bits per heavy atom. The smallest absolute Gasteiger partial charge is 0.255 e. The first-order valence-electron chi connectivity index (χ1n) is 5.81. The molecule has 0 radical (unpaired) electrons. The van der Waals surface area contributed by atoms with Crippen LogP contribution in [0.3, 0.4) is 0 Å². The van der Waals surface area contributed by atoms with E-state index < -0.39 is 0 Å². The molecule has 0 saturated carbocycles. The van der Waals surface area contributed by atoms with Crippen LogP contribution in [0.2, 0.25) is 10.0 Å². The SMILES string of the molecule is COc1ccc(C(=O)Nc2c(Cl)cc(Br)cc2Cl)cc1N. The Bertz CT molecular complexity index is 684. The van der Waals surface area contributed by atoms with Crippen LogP contribution >= 0.6 is 39.1 Å². The summed E-state index contributed by atoms with van der Waals surface area (Å²) >= 11 is 15.4. The lowest BCUT2D eigenvalue weighted by Crippen LogP contribution is -2.13. The van der Waals surface area contributed by atoms with Crippen molar-refractivity contribution in [2.45, 2.75) is 0 Å². The normalized spacial score (nSPS) is 10.3. The van der Waals surface area contributed by atoms with Crippen molar-refractivity contribution in [1.29, 1.82) is 0 Å². The van der Waals surface area contributed by atoms with E-state index in [2.05, 4.69) is 21.2 Å². The standard InChI is InChI=1S/C14H11BrCl2N2O2/c1-21-12-3-2-7(4-11(12)18)14(20)19-13-9(16)5-8(15)6-10(13)17/h2-6H,18H2,1H3,(H,19,20). The van der Waals surface area contributed by atoms with Gasteiger partial charge < -0.3 is 15.8 Å². The third-order valence-corrected chi connectivity index (χ3v) is 3.79. The van der Waals surface area contributed by atoms with Gasteiger partial charge in [-0.1, -0.05) is 39.1 Å². The van der Waals surface area contributed by atoms with E-state index in [0.717, 1.165) is 4.47 Å². The molecule has 0 saturated heterocycles. The molecule has 2 rings (SSSR count). The Balaban J connectivity index is 2.28. The Hall–Kier alpha value is -1.43. The lowest BCUT2D eigenvalue weighted by Gasteiger charge is -2.11. The van der Waals surface area contributed by atoms with E-state index in [1.54, 1.807) is 24.3 Å². The first-order chi connectivity index (χ1) is 9.92. The van der Waals surface area contributed by atoms with Gasteiger partial charge in [-0.2, -0.15) is 0 Å². The molecule has 0 atom stereocenters. The summed E-state index contributed by atoms with van der Waals surface area (Å²) in [7, 11) is 1.51. The first-order valence-corrected chi connectivity index (χ1v) is 7.36. The molecular weight excluding hydrogens is 379 g/mol. The number of benzene rings is 2. The average molecular weight is 390 g/mol. The molecule has 0 unspecified atom stereocenters. The fourth-order valence-electron chi connectivity index (χ4n) is 1.72. The quantitative estimate of drug-likeness (QED) is 0.754. The number of nitrogens with one attached hydrogen (secondary N) is 1. The second-order valence-corrected chi connectivity index (χ2v) is 5.89. The van der Waals surface area contributed by atoms with Crippen LogP contribution in [0.4, 0.5) is 11.4 Å². The molecule has 7 heteroatoms. The van der Waals surface area contributed by atoms with Crippen LogP contribution in [0.1, 0.15) is 10.4 Å². The second kappa shape index (κ2) is 6.56. The van der Waals surface area contributed by atoms with E-state index >= 15 is 0 Å². The van der Waals surface area contributed by atoms with Crippen LogP contribution in [-0.2, 0) is 0 Å². The van der Waals surface area contributed by atoms with Crippen molar-refractivity contribution >= 4 is 56.4 Å². The predicted molar refractivity (Wildman–Crippen MR) is 89.5 cm³/mol. The molecule has 4 nitrogen and oxygen atoms in total. The van der Waals surface area contributed by atoms with Crippen molar-refractivity contribution in [3.05, 3.63) is 50.4 Å². The summed E-state index contributed by atoms with van der Waals surface area (Å²) in [6.07, 6.45) is 0. The minimum atomic E-state index is -0.365. The Morgan fingerprint density at radius 3 is 2.38 bits per heavy atom. The summed E-state index contributed by atoms with van der Waals surface area (Å²) in [5.74, 6) is 0.140. The highest BCUT2D eigenvalue weighted by molar-refractivity contribution is 9.10. The Kier molecular flexibility index (Phi) is 4.98. The number of ether oxygens (including phenoxy) is 1. The van der Waals surface area contributed by atoms with Crippen molar-refractivity contribution in [3.8, 4) is 5.75 Å². The van der Waals surface area contributed by atoms with Crippen LogP contribution in [0.25, 0.3) is 0 Å². The number of carbonyl (C=O) groups excluding carboxylic acids is 1. The highest BCUT2D eigenvalue weighted by Crippen LogP contribution is 2.34. The van der Waals surface area contributed by atoms with Crippen molar-refractivity contribution in [3.63, 3.8) is 0 Å². The molecular formula is C14H11BrCl2N2O2. The topological polar surface area (TPSA) is 64.3 Å². The molecule has 21 heavy (non-hydrogen) atoms. The number of carbonyl (C=O) groups is 1. The fraction of sp³-hybridized carbons (Fsp3) is 0.0714. The zero-order chi connectivity index (χ0) is 15.6. The molecule has 2 aromatic rings. The largest absolute Gasteiger partial charge is 0.495 e. The molecule has 3 N–H and O–H groups in total. The zero-order valence-electron chi connectivity index (χ0n) is 10.9. The van der Waals surface area contributed by atoms with Gasteiger partial charge in [-0.15, -0.1) is 0 Å². The number of rotatable bonds is 3. The maximum absolute atomic E-state index is 12.2. The van der Waals surface area contributed by atoms with Crippen LogP contribution in [0, 0.1) is 0 Å². The molecule has 0 bridgehead atoms. The third-order valence-electron chi connectivity index (χ3n) is 2.74. The molecule has 0 aliphatic heterocycles. The van der Waals surface area contributed by atoms with Gasteiger partial charge in [0.2, 0.25) is 0 Å². The van der Waals surface area contributed by atoms with Crippen molar-refractivity contribution in [2.24, 2.45) is 0 Å². The lowest BCUT2D eigenvalue weighted by atomic mass is 10.1. The van der Waals surface area contributed by atoms with Gasteiger partial charge in [-0.25, -0.2) is 0 Å². The highest BCUT2D eigenvalue weighted by Gasteiger charge is 2.14. The number of halogens is 3. The van der Waals surface area contributed by atoms with Gasteiger partial charge >= 0.3 is 0 Å². The number of hydrogen-bond donors (Lipinski definition) is 2. The van der Waals surface area contributed by atoms with Crippen LogP contribution in [0.5, 0.6) is 5.75 Å². The maximum Gasteiger partial charge on any atom is 0.255 e. The molecule has 0 heterocycles. The lowest BCUT2D eigenvalue weighted by molar-refractivity contribution is 0.102. The molecule has 110 valence electrons. The van der Waals surface area contributed by atoms with Gasteiger partial charge in [-0.05, 0) is 30.3 Å². The summed E-state index contributed by atoms with van der Waals surface area (Å²) < 4.78 is 5.77. The Labute approximate surface area is 140 Å². The van der Waals surface area contributed by atoms with Gasteiger partial charge in [-0.3, -0.25) is 4.79 Å². The van der Waals surface area contributed by atoms with Crippen molar-refractivity contribution in [1.82, 2.24) is 0 Å². The summed E-state index contributed by atoms with van der Waals surface area (Å²) in [4.78, 5) is 12.2. The third kappa shape index (κ3) is 3.61. The van der Waals surface area contributed by atoms with Gasteiger partial charge in [0.1, 0.15) is 5.75 Å². The van der Waals surface area contributed by atoms with Crippen LogP contribution < -0.4 is 15.8 Å². The monoisotopic (exact) mass is 388 g/mol. The fourth-order valence-corrected chi connectivity index (χ4v) is 3.03. The zero-order valence-corrected chi connectivity index (χ0v) is 14.0. The van der Waals surface area contributed by atoms with Crippen LogP contribution in [0.15, 0.2) is 34.8 Å². The number of nitrogen functional groups attached to an aromatic ring is 1. The summed E-state index contributed by atoms with van der Waals surface area (Å²) in [5, 5.41) is 3.34. The van der Waals surface area contributed by atoms with E-state index in [9.17, 15) is 4.79 Å². The number of nitrogens with two attached hydrogens (primary N) is 1. The number of amides is 1. The Morgan fingerprint density at radius 2 is 1.86 bits per heavy atom. The van der Waals surface area contributed by atoms with Crippen molar-refractivity contribution in [2.75, 3.05) is 18.2 Å². The van der Waals surface area contributed by atoms with E-state index in [1.165, 1.54) is 13.2 Å². The van der Waals surface area contributed by atoms with E-state index in [-0.39, 0.29) is 5.91 Å². The van der Waals surface area contributed by atoms with Gasteiger partial charge in [0.15, 0.2) is 0 Å². The van der Waals surface area contributed by atoms with Gasteiger partial charge in [0, 0.05) is 10.0 Å². The highest BCUT2D eigenvalue weighted by atomic mass is 79.9.